The third-order valence-corrected chi connectivity index (χ3v) is 5.61. The van der Waals surface area contributed by atoms with Crippen LogP contribution < -0.4 is 10.2 Å². The lowest BCUT2D eigenvalue weighted by Gasteiger charge is -2.33. The monoisotopic (exact) mass is 357 g/mol. The van der Waals surface area contributed by atoms with E-state index in [2.05, 4.69) is 17.1 Å². The van der Waals surface area contributed by atoms with Gasteiger partial charge < -0.3 is 15.1 Å². The van der Waals surface area contributed by atoms with Crippen molar-refractivity contribution in [2.75, 3.05) is 31.1 Å². The van der Waals surface area contributed by atoms with E-state index in [1.165, 1.54) is 25.8 Å². The lowest BCUT2D eigenvalue weighted by atomic mass is 10.0. The number of unbranched alkanes of at least 4 members (excludes halogenated alkanes) is 1. The Morgan fingerprint density at radius 2 is 1.92 bits per heavy atom. The number of amides is 2. The van der Waals surface area contributed by atoms with Crippen molar-refractivity contribution in [2.24, 2.45) is 0 Å². The summed E-state index contributed by atoms with van der Waals surface area (Å²) in [5.74, 6) is 0.140. The Balaban J connectivity index is 1.37. The van der Waals surface area contributed by atoms with Gasteiger partial charge in [-0.15, -0.1) is 0 Å². The van der Waals surface area contributed by atoms with Gasteiger partial charge in [0.15, 0.2) is 0 Å². The number of rotatable bonds is 7. The van der Waals surface area contributed by atoms with Crippen molar-refractivity contribution in [3.8, 4) is 0 Å². The molecule has 2 amide bonds. The Labute approximate surface area is 156 Å². The van der Waals surface area contributed by atoms with Crippen molar-refractivity contribution in [3.05, 3.63) is 29.8 Å². The predicted octanol–water partition coefficient (Wildman–Crippen LogP) is 3.20. The van der Waals surface area contributed by atoms with Gasteiger partial charge in [-0.2, -0.15) is 0 Å². The van der Waals surface area contributed by atoms with Crippen LogP contribution in [0.25, 0.3) is 0 Å². The van der Waals surface area contributed by atoms with E-state index in [4.69, 9.17) is 0 Å². The average molecular weight is 357 g/mol. The van der Waals surface area contributed by atoms with Gasteiger partial charge in [-0.1, -0.05) is 6.42 Å². The summed E-state index contributed by atoms with van der Waals surface area (Å²) in [7, 11) is 0. The molecule has 0 radical (unpaired) electrons. The van der Waals surface area contributed by atoms with Crippen LogP contribution in [0.3, 0.4) is 0 Å². The number of nitrogens with zero attached hydrogens (tertiary/aromatic N) is 2. The molecule has 5 nitrogen and oxygen atoms in total. The minimum atomic E-state index is -0.0318. The molecule has 2 aliphatic heterocycles. The highest BCUT2D eigenvalue weighted by Crippen LogP contribution is 2.21. The van der Waals surface area contributed by atoms with Crippen molar-refractivity contribution in [2.45, 2.75) is 57.9 Å². The fourth-order valence-corrected chi connectivity index (χ4v) is 3.95. The molecule has 0 spiro atoms. The smallest absolute Gasteiger partial charge is 0.251 e. The lowest BCUT2D eigenvalue weighted by molar-refractivity contribution is -0.117. The summed E-state index contributed by atoms with van der Waals surface area (Å²) in [6, 6.07) is 8.07. The molecule has 2 aliphatic rings. The van der Waals surface area contributed by atoms with E-state index in [9.17, 15) is 9.59 Å². The standard InChI is InChI=1S/C21H31N3O2/c1-17-7-2-4-14-23(17)15-5-3-13-22-21(26)18-9-11-19(12-10-18)24-16-6-8-20(24)25/h9-12,17H,2-8,13-16H2,1H3,(H,22,26)/t17-/m1/s1. The molecule has 0 aromatic heterocycles. The van der Waals surface area contributed by atoms with Crippen LogP contribution in [0.15, 0.2) is 24.3 Å². The predicted molar refractivity (Wildman–Crippen MR) is 104 cm³/mol. The molecule has 0 unspecified atom stereocenters. The number of hydrogen-bond acceptors (Lipinski definition) is 3. The van der Waals surface area contributed by atoms with Crippen molar-refractivity contribution in [1.82, 2.24) is 10.2 Å². The second-order valence-electron chi connectivity index (χ2n) is 7.54. The molecule has 3 rings (SSSR count). The molecule has 1 aromatic carbocycles. The summed E-state index contributed by atoms with van der Waals surface area (Å²) in [5, 5.41) is 3.01. The van der Waals surface area contributed by atoms with Gasteiger partial charge in [0.1, 0.15) is 0 Å². The Morgan fingerprint density at radius 3 is 2.62 bits per heavy atom. The van der Waals surface area contributed by atoms with Gasteiger partial charge >= 0.3 is 0 Å². The number of anilines is 1. The molecule has 2 fully saturated rings. The van der Waals surface area contributed by atoms with Crippen LogP contribution in [-0.4, -0.2) is 48.9 Å². The molecule has 2 heterocycles. The average Bonchev–Trinajstić information content (AvgIpc) is 3.09. The van der Waals surface area contributed by atoms with Crippen LogP contribution in [-0.2, 0) is 4.79 Å². The first-order valence-corrected chi connectivity index (χ1v) is 10.1. The van der Waals surface area contributed by atoms with E-state index < -0.39 is 0 Å². The summed E-state index contributed by atoms with van der Waals surface area (Å²) < 4.78 is 0. The lowest BCUT2D eigenvalue weighted by Crippen LogP contribution is -2.38. The zero-order valence-corrected chi connectivity index (χ0v) is 15.9. The van der Waals surface area contributed by atoms with Gasteiger partial charge in [0.05, 0.1) is 0 Å². The highest BCUT2D eigenvalue weighted by Gasteiger charge is 2.21. The minimum absolute atomic E-state index is 0.0318. The molecule has 2 saturated heterocycles. The Bertz CT molecular complexity index is 614. The van der Waals surface area contributed by atoms with E-state index in [1.54, 1.807) is 4.90 Å². The van der Waals surface area contributed by atoms with Crippen LogP contribution in [0.2, 0.25) is 0 Å². The summed E-state index contributed by atoms with van der Waals surface area (Å²) in [6.07, 6.45) is 7.67. The molecular weight excluding hydrogens is 326 g/mol. The third-order valence-electron chi connectivity index (χ3n) is 5.61. The van der Waals surface area contributed by atoms with E-state index in [1.807, 2.05) is 24.3 Å². The quantitative estimate of drug-likeness (QED) is 0.763. The molecule has 1 atom stereocenters. The van der Waals surface area contributed by atoms with Gasteiger partial charge in [0.25, 0.3) is 5.91 Å². The number of likely N-dealkylation sites (tertiary alicyclic amines) is 1. The molecule has 1 aromatic rings. The summed E-state index contributed by atoms with van der Waals surface area (Å²) in [6.45, 7) is 6.17. The SMILES string of the molecule is C[C@@H]1CCCCN1CCCCNC(=O)c1ccc(N2CCCC2=O)cc1. The zero-order valence-electron chi connectivity index (χ0n) is 15.9. The highest BCUT2D eigenvalue weighted by atomic mass is 16.2. The van der Waals surface area contributed by atoms with E-state index >= 15 is 0 Å². The van der Waals surface area contributed by atoms with Crippen molar-refractivity contribution in [3.63, 3.8) is 0 Å². The Morgan fingerprint density at radius 1 is 1.12 bits per heavy atom. The second-order valence-corrected chi connectivity index (χ2v) is 7.54. The number of hydrogen-bond donors (Lipinski definition) is 1. The summed E-state index contributed by atoms with van der Waals surface area (Å²) >= 11 is 0. The van der Waals surface area contributed by atoms with Gasteiger partial charge in [-0.3, -0.25) is 9.59 Å². The maximum absolute atomic E-state index is 12.3. The van der Waals surface area contributed by atoms with Crippen molar-refractivity contribution >= 4 is 17.5 Å². The molecule has 0 bridgehead atoms. The third kappa shape index (κ3) is 4.85. The van der Waals surface area contributed by atoms with Gasteiger partial charge in [-0.25, -0.2) is 0 Å². The number of nitrogens with one attached hydrogen (secondary N) is 1. The fraction of sp³-hybridized carbons (Fsp3) is 0.619. The van der Waals surface area contributed by atoms with Crippen LogP contribution in [0.1, 0.15) is 62.2 Å². The summed E-state index contributed by atoms with van der Waals surface area (Å²) in [5.41, 5.74) is 1.55. The fourth-order valence-electron chi connectivity index (χ4n) is 3.95. The first kappa shape index (κ1) is 18.9. The first-order chi connectivity index (χ1) is 12.6. The van der Waals surface area contributed by atoms with Gasteiger partial charge in [-0.05, 0) is 76.4 Å². The number of benzene rings is 1. The van der Waals surface area contributed by atoms with Gasteiger partial charge in [0, 0.05) is 36.8 Å². The normalized spacial score (nSPS) is 21.2. The van der Waals surface area contributed by atoms with Crippen molar-refractivity contribution < 1.29 is 9.59 Å². The number of piperidine rings is 1. The largest absolute Gasteiger partial charge is 0.352 e. The molecule has 1 N–H and O–H groups in total. The summed E-state index contributed by atoms with van der Waals surface area (Å²) in [4.78, 5) is 28.4. The maximum atomic E-state index is 12.3. The zero-order chi connectivity index (χ0) is 18.4. The van der Waals surface area contributed by atoms with E-state index in [0.29, 0.717) is 24.6 Å². The van der Waals surface area contributed by atoms with Crippen LogP contribution in [0.5, 0.6) is 0 Å². The van der Waals surface area contributed by atoms with E-state index in [0.717, 1.165) is 38.0 Å². The Kier molecular flexibility index (Phi) is 6.67. The molecular formula is C21H31N3O2. The molecule has 5 heteroatoms. The number of carbonyl (C=O) groups is 2. The van der Waals surface area contributed by atoms with Crippen LogP contribution in [0, 0.1) is 0 Å². The van der Waals surface area contributed by atoms with E-state index in [-0.39, 0.29) is 11.8 Å². The second kappa shape index (κ2) is 9.17. The van der Waals surface area contributed by atoms with Crippen LogP contribution >= 0.6 is 0 Å². The highest BCUT2D eigenvalue weighted by molar-refractivity contribution is 5.97. The van der Waals surface area contributed by atoms with Gasteiger partial charge in [0.2, 0.25) is 5.91 Å². The number of carbonyl (C=O) groups excluding carboxylic acids is 2. The van der Waals surface area contributed by atoms with Crippen molar-refractivity contribution in [1.29, 1.82) is 0 Å². The molecule has 0 aliphatic carbocycles. The first-order valence-electron chi connectivity index (χ1n) is 10.1. The minimum Gasteiger partial charge on any atom is -0.352 e. The molecule has 0 saturated carbocycles. The van der Waals surface area contributed by atoms with Crippen LogP contribution in [0.4, 0.5) is 5.69 Å². The maximum Gasteiger partial charge on any atom is 0.251 e. The molecule has 26 heavy (non-hydrogen) atoms. The molecule has 142 valence electrons. The Hall–Kier alpha value is -1.88. The topological polar surface area (TPSA) is 52.7 Å².